The van der Waals surface area contributed by atoms with E-state index in [1.165, 1.54) is 19.3 Å². The van der Waals surface area contributed by atoms with Crippen LogP contribution in [-0.2, 0) is 10.2 Å². The largest absolute Gasteiger partial charge is 0.507 e. The molecule has 0 atom stereocenters. The molecule has 0 spiro atoms. The fraction of sp³-hybridized carbons (Fsp3) is 0.458. The highest BCUT2D eigenvalue weighted by molar-refractivity contribution is 5.92. The van der Waals surface area contributed by atoms with Gasteiger partial charge in [0.1, 0.15) is 11.5 Å². The Labute approximate surface area is 168 Å². The van der Waals surface area contributed by atoms with E-state index in [4.69, 9.17) is 4.74 Å². The summed E-state index contributed by atoms with van der Waals surface area (Å²) in [7, 11) is 0. The zero-order chi connectivity index (χ0) is 20.7. The second-order valence-corrected chi connectivity index (χ2v) is 7.89. The molecule has 0 amide bonds. The fourth-order valence-corrected chi connectivity index (χ4v) is 3.45. The van der Waals surface area contributed by atoms with Crippen molar-refractivity contribution >= 4 is 5.97 Å². The van der Waals surface area contributed by atoms with Crippen molar-refractivity contribution in [3.05, 3.63) is 47.5 Å². The second kappa shape index (κ2) is 9.63. The Morgan fingerprint density at radius 2 is 1.68 bits per heavy atom. The number of carbonyl (C=O) groups is 1. The van der Waals surface area contributed by atoms with Gasteiger partial charge in [-0.25, -0.2) is 4.79 Å². The first-order chi connectivity index (χ1) is 13.3. The fourth-order valence-electron chi connectivity index (χ4n) is 3.45. The molecule has 0 aliphatic carbocycles. The number of ether oxygens (including phenoxy) is 1. The molecule has 2 aromatic carbocycles. The summed E-state index contributed by atoms with van der Waals surface area (Å²) in [4.78, 5) is 12.0. The zero-order valence-electron chi connectivity index (χ0n) is 17.4. The van der Waals surface area contributed by atoms with Crippen molar-refractivity contribution in [1.82, 2.24) is 0 Å². The molecule has 152 valence electrons. The van der Waals surface area contributed by atoms with E-state index in [2.05, 4.69) is 20.8 Å². The summed E-state index contributed by atoms with van der Waals surface area (Å²) < 4.78 is 5.03. The van der Waals surface area contributed by atoms with Gasteiger partial charge in [0, 0.05) is 0 Å². The molecule has 2 aromatic rings. The highest BCUT2D eigenvalue weighted by Crippen LogP contribution is 2.42. The van der Waals surface area contributed by atoms with Crippen LogP contribution in [0.3, 0.4) is 0 Å². The lowest BCUT2D eigenvalue weighted by atomic mass is 9.79. The molecule has 2 rings (SSSR count). The first kappa shape index (κ1) is 21.8. The predicted molar refractivity (Wildman–Crippen MR) is 113 cm³/mol. The Hall–Kier alpha value is -2.49. The third-order valence-corrected chi connectivity index (χ3v) is 5.20. The SMILES string of the molecule is CCCCCCC(C)(C)c1cc(O)c(-c2cccc(C(=O)OCC)c2)c(O)c1. The van der Waals surface area contributed by atoms with Crippen molar-refractivity contribution in [1.29, 1.82) is 0 Å². The van der Waals surface area contributed by atoms with Crippen LogP contribution in [0.25, 0.3) is 11.1 Å². The minimum absolute atomic E-state index is 0.0117. The Morgan fingerprint density at radius 1 is 1.00 bits per heavy atom. The summed E-state index contributed by atoms with van der Waals surface area (Å²) in [5.74, 6) is -0.400. The van der Waals surface area contributed by atoms with Crippen molar-refractivity contribution in [2.24, 2.45) is 0 Å². The highest BCUT2D eigenvalue weighted by Gasteiger charge is 2.24. The van der Waals surface area contributed by atoms with Crippen LogP contribution >= 0.6 is 0 Å². The van der Waals surface area contributed by atoms with E-state index < -0.39 is 5.97 Å². The average molecular weight is 385 g/mol. The van der Waals surface area contributed by atoms with Gasteiger partial charge in [0.25, 0.3) is 0 Å². The summed E-state index contributed by atoms with van der Waals surface area (Å²) in [6.45, 7) is 8.50. The molecule has 0 fully saturated rings. The van der Waals surface area contributed by atoms with Crippen molar-refractivity contribution < 1.29 is 19.7 Å². The van der Waals surface area contributed by atoms with Crippen molar-refractivity contribution in [2.45, 2.75) is 65.2 Å². The normalized spacial score (nSPS) is 11.4. The summed E-state index contributed by atoms with van der Waals surface area (Å²) in [6.07, 6.45) is 5.72. The number of carbonyl (C=O) groups excluding carboxylic acids is 1. The van der Waals surface area contributed by atoms with Crippen LogP contribution in [0.2, 0.25) is 0 Å². The van der Waals surface area contributed by atoms with Gasteiger partial charge in [0.05, 0.1) is 17.7 Å². The van der Waals surface area contributed by atoms with Gasteiger partial charge in [-0.05, 0) is 54.2 Å². The third-order valence-electron chi connectivity index (χ3n) is 5.20. The van der Waals surface area contributed by atoms with Crippen LogP contribution in [0.1, 0.15) is 75.7 Å². The maximum Gasteiger partial charge on any atom is 0.338 e. The molecule has 2 N–H and O–H groups in total. The molecule has 4 heteroatoms. The van der Waals surface area contributed by atoms with E-state index in [1.54, 1.807) is 43.3 Å². The average Bonchev–Trinajstić information content (AvgIpc) is 2.65. The summed E-state index contributed by atoms with van der Waals surface area (Å²) in [5.41, 5.74) is 2.06. The van der Waals surface area contributed by atoms with Crippen LogP contribution in [0.5, 0.6) is 11.5 Å². The maximum atomic E-state index is 12.0. The molecule has 4 nitrogen and oxygen atoms in total. The zero-order valence-corrected chi connectivity index (χ0v) is 17.4. The Kier molecular flexibility index (Phi) is 7.50. The summed E-state index contributed by atoms with van der Waals surface area (Å²) >= 11 is 0. The van der Waals surface area contributed by atoms with E-state index >= 15 is 0 Å². The molecule has 28 heavy (non-hydrogen) atoms. The lowest BCUT2D eigenvalue weighted by Crippen LogP contribution is -2.17. The Balaban J connectivity index is 2.31. The smallest absolute Gasteiger partial charge is 0.338 e. The van der Waals surface area contributed by atoms with Gasteiger partial charge in [0.15, 0.2) is 0 Å². The monoisotopic (exact) mass is 384 g/mol. The number of phenolic OH excluding ortho intramolecular Hbond substituents is 2. The predicted octanol–water partition coefficient (Wildman–Crippen LogP) is 6.19. The Morgan fingerprint density at radius 3 is 2.29 bits per heavy atom. The number of phenols is 2. The van der Waals surface area contributed by atoms with Crippen LogP contribution in [-0.4, -0.2) is 22.8 Å². The minimum Gasteiger partial charge on any atom is -0.507 e. The maximum absolute atomic E-state index is 12.0. The molecule has 0 aliphatic rings. The van der Waals surface area contributed by atoms with Crippen LogP contribution < -0.4 is 0 Å². The first-order valence-corrected chi connectivity index (χ1v) is 10.1. The molecule has 0 saturated carbocycles. The molecule has 0 saturated heterocycles. The number of aromatic hydroxyl groups is 2. The van der Waals surface area contributed by atoms with Gasteiger partial charge in [0.2, 0.25) is 0 Å². The summed E-state index contributed by atoms with van der Waals surface area (Å²) in [5, 5.41) is 21.3. The van der Waals surface area contributed by atoms with Gasteiger partial charge >= 0.3 is 5.97 Å². The lowest BCUT2D eigenvalue weighted by molar-refractivity contribution is 0.0526. The standard InChI is InChI=1S/C24H32O4/c1-5-7-8-9-13-24(3,4)19-15-20(25)22(21(26)16-19)17-11-10-12-18(14-17)23(27)28-6-2/h10-12,14-16,25-26H,5-9,13H2,1-4H3. The van der Waals surface area contributed by atoms with E-state index in [9.17, 15) is 15.0 Å². The first-order valence-electron chi connectivity index (χ1n) is 10.1. The Bertz CT molecular complexity index is 785. The van der Waals surface area contributed by atoms with E-state index in [1.807, 2.05) is 0 Å². The van der Waals surface area contributed by atoms with Gasteiger partial charge in [-0.15, -0.1) is 0 Å². The van der Waals surface area contributed by atoms with Crippen LogP contribution in [0.4, 0.5) is 0 Å². The van der Waals surface area contributed by atoms with Gasteiger partial charge < -0.3 is 14.9 Å². The summed E-state index contributed by atoms with van der Waals surface area (Å²) in [6, 6.07) is 10.2. The van der Waals surface area contributed by atoms with E-state index in [-0.39, 0.29) is 16.9 Å². The minimum atomic E-state index is -0.423. The third kappa shape index (κ3) is 5.28. The molecule has 0 radical (unpaired) electrons. The second-order valence-electron chi connectivity index (χ2n) is 7.89. The van der Waals surface area contributed by atoms with E-state index in [0.29, 0.717) is 23.3 Å². The topological polar surface area (TPSA) is 66.8 Å². The number of benzene rings is 2. The van der Waals surface area contributed by atoms with Gasteiger partial charge in [-0.2, -0.15) is 0 Å². The van der Waals surface area contributed by atoms with Crippen molar-refractivity contribution in [2.75, 3.05) is 6.61 Å². The van der Waals surface area contributed by atoms with Crippen molar-refractivity contribution in [3.8, 4) is 22.6 Å². The van der Waals surface area contributed by atoms with Gasteiger partial charge in [-0.3, -0.25) is 0 Å². The molecular formula is C24H32O4. The molecule has 0 heterocycles. The molecular weight excluding hydrogens is 352 g/mol. The number of unbranched alkanes of at least 4 members (excludes halogenated alkanes) is 3. The van der Waals surface area contributed by atoms with Crippen LogP contribution in [0.15, 0.2) is 36.4 Å². The number of esters is 1. The number of hydrogen-bond donors (Lipinski definition) is 2. The quantitative estimate of drug-likeness (QED) is 0.399. The highest BCUT2D eigenvalue weighted by atomic mass is 16.5. The van der Waals surface area contributed by atoms with Crippen molar-refractivity contribution in [3.63, 3.8) is 0 Å². The van der Waals surface area contributed by atoms with E-state index in [0.717, 1.165) is 18.4 Å². The molecule has 0 aromatic heterocycles. The molecule has 0 unspecified atom stereocenters. The number of rotatable bonds is 9. The van der Waals surface area contributed by atoms with Gasteiger partial charge in [-0.1, -0.05) is 58.6 Å². The lowest BCUT2D eigenvalue weighted by Gasteiger charge is -2.26. The molecule has 0 bridgehead atoms. The molecule has 0 aliphatic heterocycles. The van der Waals surface area contributed by atoms with Crippen LogP contribution in [0, 0.1) is 0 Å². The number of hydrogen-bond acceptors (Lipinski definition) is 4.